The molecule has 0 radical (unpaired) electrons. The third-order valence-electron chi connectivity index (χ3n) is 3.02. The molecule has 0 aliphatic heterocycles. The summed E-state index contributed by atoms with van der Waals surface area (Å²) >= 11 is 0. The van der Waals surface area contributed by atoms with Crippen LogP contribution in [0.25, 0.3) is 11.1 Å². The van der Waals surface area contributed by atoms with Gasteiger partial charge in [-0.2, -0.15) is 0 Å². The van der Waals surface area contributed by atoms with E-state index in [4.69, 9.17) is 11.5 Å². The molecule has 2 heteroatoms. The summed E-state index contributed by atoms with van der Waals surface area (Å²) in [7, 11) is 0. The molecule has 0 amide bonds. The van der Waals surface area contributed by atoms with Crippen LogP contribution >= 0.6 is 0 Å². The molecule has 0 heterocycles. The van der Waals surface area contributed by atoms with E-state index in [1.807, 2.05) is 18.2 Å². The first-order valence-electron chi connectivity index (χ1n) is 5.86. The quantitative estimate of drug-likeness (QED) is 0.771. The molecule has 2 rings (SSSR count). The Kier molecular flexibility index (Phi) is 3.05. The highest BCUT2D eigenvalue weighted by Crippen LogP contribution is 2.30. The van der Waals surface area contributed by atoms with Gasteiger partial charge in [-0.05, 0) is 59.9 Å². The topological polar surface area (TPSA) is 52.0 Å². The summed E-state index contributed by atoms with van der Waals surface area (Å²) in [6.07, 6.45) is 0.978. The summed E-state index contributed by atoms with van der Waals surface area (Å²) in [5.74, 6) is 0. The van der Waals surface area contributed by atoms with Crippen molar-refractivity contribution in [3.8, 4) is 11.1 Å². The predicted molar refractivity (Wildman–Crippen MR) is 74.8 cm³/mol. The highest BCUT2D eigenvalue weighted by molar-refractivity contribution is 5.74. The number of aryl methyl sites for hydroxylation is 2. The monoisotopic (exact) mass is 226 g/mol. The van der Waals surface area contributed by atoms with Gasteiger partial charge in [-0.25, -0.2) is 0 Å². The fourth-order valence-corrected chi connectivity index (χ4v) is 2.23. The second-order valence-electron chi connectivity index (χ2n) is 4.35. The maximum atomic E-state index is 5.89. The molecule has 17 heavy (non-hydrogen) atoms. The molecular formula is C15H18N2. The van der Waals surface area contributed by atoms with Crippen LogP contribution in [0.3, 0.4) is 0 Å². The highest BCUT2D eigenvalue weighted by atomic mass is 14.5. The Labute approximate surface area is 102 Å². The first kappa shape index (κ1) is 11.5. The van der Waals surface area contributed by atoms with Crippen LogP contribution in [-0.4, -0.2) is 0 Å². The maximum Gasteiger partial charge on any atom is 0.0319 e. The smallest absolute Gasteiger partial charge is 0.0319 e. The number of hydrogen-bond donors (Lipinski definition) is 2. The Morgan fingerprint density at radius 1 is 0.941 bits per heavy atom. The molecule has 0 atom stereocenters. The molecule has 0 saturated carbocycles. The fraction of sp³-hybridized carbons (Fsp3) is 0.200. The number of rotatable bonds is 2. The lowest BCUT2D eigenvalue weighted by Gasteiger charge is -2.13. The van der Waals surface area contributed by atoms with Crippen molar-refractivity contribution in [2.45, 2.75) is 20.3 Å². The van der Waals surface area contributed by atoms with E-state index in [1.165, 1.54) is 22.3 Å². The lowest BCUT2D eigenvalue weighted by Crippen LogP contribution is -1.96. The van der Waals surface area contributed by atoms with E-state index >= 15 is 0 Å². The van der Waals surface area contributed by atoms with Crippen molar-refractivity contribution in [3.63, 3.8) is 0 Å². The zero-order valence-electron chi connectivity index (χ0n) is 10.3. The minimum atomic E-state index is 0.792. The van der Waals surface area contributed by atoms with E-state index in [2.05, 4.69) is 32.0 Å². The highest BCUT2D eigenvalue weighted by Gasteiger charge is 2.08. The molecule has 0 aliphatic rings. The predicted octanol–water partition coefficient (Wildman–Crippen LogP) is 3.39. The van der Waals surface area contributed by atoms with Crippen molar-refractivity contribution < 1.29 is 0 Å². The molecule has 4 N–H and O–H groups in total. The molecule has 88 valence electrons. The number of anilines is 2. The minimum Gasteiger partial charge on any atom is -0.399 e. The zero-order chi connectivity index (χ0) is 12.4. The SMILES string of the molecule is CCc1cc(N)cc(C)c1-c1ccc(N)cc1. The average molecular weight is 226 g/mol. The minimum absolute atomic E-state index is 0.792. The van der Waals surface area contributed by atoms with Gasteiger partial charge in [0.05, 0.1) is 0 Å². The van der Waals surface area contributed by atoms with Gasteiger partial charge in [0.25, 0.3) is 0 Å². The van der Waals surface area contributed by atoms with E-state index < -0.39 is 0 Å². The molecule has 2 aromatic rings. The van der Waals surface area contributed by atoms with Gasteiger partial charge < -0.3 is 11.5 Å². The van der Waals surface area contributed by atoms with E-state index in [0.29, 0.717) is 0 Å². The van der Waals surface area contributed by atoms with Crippen LogP contribution in [0.4, 0.5) is 11.4 Å². The number of nitrogens with two attached hydrogens (primary N) is 2. The van der Waals surface area contributed by atoms with Crippen LogP contribution in [0, 0.1) is 6.92 Å². The molecular weight excluding hydrogens is 208 g/mol. The Hall–Kier alpha value is -1.96. The Bertz CT molecular complexity index is 527. The number of nitrogen functional groups attached to an aromatic ring is 2. The lowest BCUT2D eigenvalue weighted by molar-refractivity contribution is 1.14. The Morgan fingerprint density at radius 2 is 1.59 bits per heavy atom. The third-order valence-corrected chi connectivity index (χ3v) is 3.02. The Balaban J connectivity index is 2.61. The number of benzene rings is 2. The van der Waals surface area contributed by atoms with Gasteiger partial charge in [-0.15, -0.1) is 0 Å². The van der Waals surface area contributed by atoms with Crippen LogP contribution in [0.5, 0.6) is 0 Å². The fourth-order valence-electron chi connectivity index (χ4n) is 2.23. The second kappa shape index (κ2) is 4.50. The maximum absolute atomic E-state index is 5.89. The van der Waals surface area contributed by atoms with Crippen LogP contribution in [0.1, 0.15) is 18.1 Å². The van der Waals surface area contributed by atoms with Crippen molar-refractivity contribution in [2.75, 3.05) is 11.5 Å². The van der Waals surface area contributed by atoms with Gasteiger partial charge in [0.15, 0.2) is 0 Å². The molecule has 0 aromatic heterocycles. The first-order valence-corrected chi connectivity index (χ1v) is 5.86. The number of hydrogen-bond acceptors (Lipinski definition) is 2. The first-order chi connectivity index (χ1) is 8.11. The summed E-state index contributed by atoms with van der Waals surface area (Å²) in [6, 6.07) is 12.1. The van der Waals surface area contributed by atoms with Crippen molar-refractivity contribution in [3.05, 3.63) is 47.5 Å². The van der Waals surface area contributed by atoms with Gasteiger partial charge in [-0.3, -0.25) is 0 Å². The lowest BCUT2D eigenvalue weighted by atomic mass is 9.93. The van der Waals surface area contributed by atoms with E-state index in [1.54, 1.807) is 0 Å². The average Bonchev–Trinajstić information content (AvgIpc) is 2.30. The molecule has 0 aliphatic carbocycles. The van der Waals surface area contributed by atoms with Crippen molar-refractivity contribution in [2.24, 2.45) is 0 Å². The molecule has 0 saturated heterocycles. The van der Waals surface area contributed by atoms with Gasteiger partial charge in [-0.1, -0.05) is 19.1 Å². The van der Waals surface area contributed by atoms with Crippen LogP contribution in [0.15, 0.2) is 36.4 Å². The molecule has 0 spiro atoms. The summed E-state index contributed by atoms with van der Waals surface area (Å²) in [5, 5.41) is 0. The normalized spacial score (nSPS) is 10.5. The molecule has 0 bridgehead atoms. The zero-order valence-corrected chi connectivity index (χ0v) is 10.3. The standard InChI is InChI=1S/C15H18N2/c1-3-11-9-14(17)8-10(2)15(11)12-4-6-13(16)7-5-12/h4-9H,3,16-17H2,1-2H3. The molecule has 2 aromatic carbocycles. The third kappa shape index (κ3) is 2.26. The van der Waals surface area contributed by atoms with E-state index in [-0.39, 0.29) is 0 Å². The van der Waals surface area contributed by atoms with Gasteiger partial charge >= 0.3 is 0 Å². The van der Waals surface area contributed by atoms with E-state index in [0.717, 1.165) is 17.8 Å². The van der Waals surface area contributed by atoms with Crippen LogP contribution in [0.2, 0.25) is 0 Å². The van der Waals surface area contributed by atoms with Gasteiger partial charge in [0, 0.05) is 11.4 Å². The van der Waals surface area contributed by atoms with Crippen molar-refractivity contribution >= 4 is 11.4 Å². The second-order valence-corrected chi connectivity index (χ2v) is 4.35. The van der Waals surface area contributed by atoms with Crippen molar-refractivity contribution in [1.29, 1.82) is 0 Å². The largest absolute Gasteiger partial charge is 0.399 e. The summed E-state index contributed by atoms with van der Waals surface area (Å²) in [4.78, 5) is 0. The summed E-state index contributed by atoms with van der Waals surface area (Å²) < 4.78 is 0. The molecule has 0 unspecified atom stereocenters. The summed E-state index contributed by atoms with van der Waals surface area (Å²) in [6.45, 7) is 4.25. The van der Waals surface area contributed by atoms with Gasteiger partial charge in [0.2, 0.25) is 0 Å². The summed E-state index contributed by atoms with van der Waals surface area (Å²) in [5.41, 5.74) is 18.2. The van der Waals surface area contributed by atoms with Crippen molar-refractivity contribution in [1.82, 2.24) is 0 Å². The molecule has 2 nitrogen and oxygen atoms in total. The van der Waals surface area contributed by atoms with Crippen LogP contribution in [-0.2, 0) is 6.42 Å². The van der Waals surface area contributed by atoms with Crippen LogP contribution < -0.4 is 11.5 Å². The molecule has 0 fully saturated rings. The van der Waals surface area contributed by atoms with E-state index in [9.17, 15) is 0 Å². The Morgan fingerprint density at radius 3 is 2.18 bits per heavy atom. The van der Waals surface area contributed by atoms with Gasteiger partial charge in [0.1, 0.15) is 0 Å².